The fraction of sp³-hybridized carbons (Fsp3) is 0.231. The summed E-state index contributed by atoms with van der Waals surface area (Å²) in [6.07, 6.45) is 4.53. The van der Waals surface area contributed by atoms with Gasteiger partial charge in [0.05, 0.1) is 11.3 Å². The van der Waals surface area contributed by atoms with Gasteiger partial charge in [-0.15, -0.1) is 0 Å². The van der Waals surface area contributed by atoms with E-state index >= 15 is 0 Å². The van der Waals surface area contributed by atoms with Crippen molar-refractivity contribution in [2.75, 3.05) is 0 Å². The highest BCUT2D eigenvalue weighted by Gasteiger charge is 2.11. The predicted molar refractivity (Wildman–Crippen MR) is 72.3 cm³/mol. The second-order valence-electron chi connectivity index (χ2n) is 4.04. The van der Waals surface area contributed by atoms with Crippen LogP contribution in [0.4, 0.5) is 0 Å². The molecular weight excluding hydrogens is 271 g/mol. The molecule has 0 saturated carbocycles. The van der Waals surface area contributed by atoms with Gasteiger partial charge in [0.15, 0.2) is 5.78 Å². The minimum atomic E-state index is 0.0119. The van der Waals surface area contributed by atoms with Crippen molar-refractivity contribution in [3.63, 3.8) is 0 Å². The molecule has 0 spiro atoms. The summed E-state index contributed by atoms with van der Waals surface area (Å²) >= 11 is 11.8. The molecule has 0 radical (unpaired) electrons. The third kappa shape index (κ3) is 2.92. The molecule has 0 amide bonds. The molecule has 2 aromatic rings. The van der Waals surface area contributed by atoms with Crippen molar-refractivity contribution < 1.29 is 4.79 Å². The molecular formula is C13H12Cl2N2O. The summed E-state index contributed by atoms with van der Waals surface area (Å²) in [5.74, 6) is 0.0119. The van der Waals surface area contributed by atoms with Crippen LogP contribution in [0.2, 0.25) is 10.0 Å². The number of halogens is 2. The number of Topliss-reactive ketones (excluding diaryl/α,β-unsaturated/α-hetero) is 1. The summed E-state index contributed by atoms with van der Waals surface area (Å²) in [6.45, 7) is 0. The van der Waals surface area contributed by atoms with Crippen LogP contribution in [0.5, 0.6) is 0 Å². The van der Waals surface area contributed by atoms with E-state index in [1.807, 2.05) is 11.6 Å². The third-order valence-electron chi connectivity index (χ3n) is 2.76. The Balaban J connectivity index is 2.06. The first-order valence-corrected chi connectivity index (χ1v) is 6.27. The van der Waals surface area contributed by atoms with Crippen LogP contribution < -0.4 is 0 Å². The molecule has 18 heavy (non-hydrogen) atoms. The van der Waals surface area contributed by atoms with E-state index in [0.29, 0.717) is 28.5 Å². The lowest BCUT2D eigenvalue weighted by Gasteiger charge is -2.04. The van der Waals surface area contributed by atoms with Crippen LogP contribution in [0.1, 0.15) is 22.5 Å². The number of hydrogen-bond acceptors (Lipinski definition) is 2. The molecule has 0 saturated heterocycles. The number of aromatic nitrogens is 2. The molecule has 1 aromatic carbocycles. The van der Waals surface area contributed by atoms with Crippen LogP contribution in [0.3, 0.4) is 0 Å². The second-order valence-corrected chi connectivity index (χ2v) is 4.89. The van der Waals surface area contributed by atoms with E-state index in [1.165, 1.54) is 0 Å². The molecule has 0 atom stereocenters. The molecule has 0 aliphatic carbocycles. The minimum Gasteiger partial charge on any atom is -0.338 e. The average Bonchev–Trinajstić information content (AvgIpc) is 2.72. The Hall–Kier alpha value is -1.32. The number of aryl methyl sites for hydroxylation is 2. The predicted octanol–water partition coefficient (Wildman–Crippen LogP) is 3.54. The monoisotopic (exact) mass is 282 g/mol. The molecule has 1 aromatic heterocycles. The number of rotatable bonds is 4. The quantitative estimate of drug-likeness (QED) is 0.804. The normalized spacial score (nSPS) is 10.6. The highest BCUT2D eigenvalue weighted by molar-refractivity contribution is 6.36. The molecule has 94 valence electrons. The SMILES string of the molecule is Cn1cncc1CCC(=O)c1ccc(Cl)cc1Cl. The summed E-state index contributed by atoms with van der Waals surface area (Å²) in [6, 6.07) is 4.92. The van der Waals surface area contributed by atoms with Gasteiger partial charge >= 0.3 is 0 Å². The van der Waals surface area contributed by atoms with Gasteiger partial charge < -0.3 is 4.57 Å². The summed E-state index contributed by atoms with van der Waals surface area (Å²) < 4.78 is 1.90. The Labute approximate surface area is 115 Å². The number of nitrogens with zero attached hydrogens (tertiary/aromatic N) is 2. The van der Waals surface area contributed by atoms with Crippen molar-refractivity contribution in [3.8, 4) is 0 Å². The minimum absolute atomic E-state index is 0.0119. The van der Waals surface area contributed by atoms with Gasteiger partial charge in [0.2, 0.25) is 0 Å². The van der Waals surface area contributed by atoms with Gasteiger partial charge in [-0.25, -0.2) is 4.98 Å². The van der Waals surface area contributed by atoms with Gasteiger partial charge in [0.1, 0.15) is 0 Å². The number of carbonyl (C=O) groups excluding carboxylic acids is 1. The molecule has 3 nitrogen and oxygen atoms in total. The lowest BCUT2D eigenvalue weighted by molar-refractivity contribution is 0.0982. The van der Waals surface area contributed by atoms with Crippen molar-refractivity contribution in [2.45, 2.75) is 12.8 Å². The highest BCUT2D eigenvalue weighted by atomic mass is 35.5. The summed E-state index contributed by atoms with van der Waals surface area (Å²) in [5, 5.41) is 0.931. The number of imidazole rings is 1. The number of benzene rings is 1. The molecule has 0 unspecified atom stereocenters. The maximum absolute atomic E-state index is 12.0. The van der Waals surface area contributed by atoms with Gasteiger partial charge in [-0.3, -0.25) is 4.79 Å². The zero-order chi connectivity index (χ0) is 13.1. The highest BCUT2D eigenvalue weighted by Crippen LogP contribution is 2.22. The summed E-state index contributed by atoms with van der Waals surface area (Å²) in [5.41, 5.74) is 1.54. The topological polar surface area (TPSA) is 34.9 Å². The van der Waals surface area contributed by atoms with E-state index in [-0.39, 0.29) is 5.78 Å². The fourth-order valence-corrected chi connectivity index (χ4v) is 2.23. The third-order valence-corrected chi connectivity index (χ3v) is 3.30. The first kappa shape index (κ1) is 13.1. The smallest absolute Gasteiger partial charge is 0.164 e. The van der Waals surface area contributed by atoms with Gasteiger partial charge in [-0.2, -0.15) is 0 Å². The fourth-order valence-electron chi connectivity index (χ4n) is 1.72. The van der Waals surface area contributed by atoms with E-state index in [2.05, 4.69) is 4.98 Å². The van der Waals surface area contributed by atoms with Crippen molar-refractivity contribution >= 4 is 29.0 Å². The lowest BCUT2D eigenvalue weighted by atomic mass is 10.1. The van der Waals surface area contributed by atoms with Crippen LogP contribution in [-0.2, 0) is 13.5 Å². The van der Waals surface area contributed by atoms with Gasteiger partial charge in [-0.1, -0.05) is 23.2 Å². The zero-order valence-electron chi connectivity index (χ0n) is 9.86. The van der Waals surface area contributed by atoms with Crippen molar-refractivity contribution in [1.29, 1.82) is 0 Å². The van der Waals surface area contributed by atoms with Gasteiger partial charge in [0.25, 0.3) is 0 Å². The largest absolute Gasteiger partial charge is 0.338 e. The molecule has 1 heterocycles. The van der Waals surface area contributed by atoms with Crippen LogP contribution in [0.25, 0.3) is 0 Å². The van der Waals surface area contributed by atoms with Gasteiger partial charge in [0, 0.05) is 35.9 Å². The first-order valence-electron chi connectivity index (χ1n) is 5.51. The molecule has 0 bridgehead atoms. The van der Waals surface area contributed by atoms with E-state index < -0.39 is 0 Å². The lowest BCUT2D eigenvalue weighted by Crippen LogP contribution is -2.04. The van der Waals surface area contributed by atoms with E-state index in [0.717, 1.165) is 5.69 Å². The Morgan fingerprint density at radius 2 is 2.17 bits per heavy atom. The first-order chi connectivity index (χ1) is 8.58. The standard InChI is InChI=1S/C13H12Cl2N2O/c1-17-8-16-7-10(17)3-5-13(18)11-4-2-9(14)6-12(11)15/h2,4,6-8H,3,5H2,1H3. The van der Waals surface area contributed by atoms with Crippen LogP contribution in [-0.4, -0.2) is 15.3 Å². The maximum Gasteiger partial charge on any atom is 0.164 e. The molecule has 0 aliphatic heterocycles. The number of ketones is 1. The summed E-state index contributed by atoms with van der Waals surface area (Å²) in [4.78, 5) is 16.0. The average molecular weight is 283 g/mol. The molecule has 0 fully saturated rings. The molecule has 0 N–H and O–H groups in total. The van der Waals surface area contributed by atoms with Crippen molar-refractivity contribution in [1.82, 2.24) is 9.55 Å². The second kappa shape index (κ2) is 5.55. The van der Waals surface area contributed by atoms with Crippen LogP contribution in [0.15, 0.2) is 30.7 Å². The zero-order valence-corrected chi connectivity index (χ0v) is 11.4. The molecule has 5 heteroatoms. The molecule has 2 rings (SSSR count). The van der Waals surface area contributed by atoms with E-state index in [9.17, 15) is 4.79 Å². The summed E-state index contributed by atoms with van der Waals surface area (Å²) in [7, 11) is 1.90. The number of hydrogen-bond donors (Lipinski definition) is 0. The maximum atomic E-state index is 12.0. The van der Waals surface area contributed by atoms with Crippen LogP contribution in [0, 0.1) is 0 Å². The van der Waals surface area contributed by atoms with Crippen molar-refractivity contribution in [3.05, 3.63) is 52.0 Å². The van der Waals surface area contributed by atoms with Crippen molar-refractivity contribution in [2.24, 2.45) is 7.05 Å². The number of carbonyl (C=O) groups is 1. The van der Waals surface area contributed by atoms with E-state index in [4.69, 9.17) is 23.2 Å². The molecule has 0 aliphatic rings. The Morgan fingerprint density at radius 1 is 1.39 bits per heavy atom. The van der Waals surface area contributed by atoms with Crippen LogP contribution >= 0.6 is 23.2 Å². The Bertz CT molecular complexity index is 578. The Morgan fingerprint density at radius 3 is 2.78 bits per heavy atom. The Kier molecular flexibility index (Phi) is 4.04. The van der Waals surface area contributed by atoms with E-state index in [1.54, 1.807) is 30.7 Å². The van der Waals surface area contributed by atoms with Gasteiger partial charge in [-0.05, 0) is 24.6 Å².